The predicted molar refractivity (Wildman–Crippen MR) is 125 cm³/mol. The van der Waals surface area contributed by atoms with Gasteiger partial charge in [0.2, 0.25) is 17.7 Å². The molecule has 12 nitrogen and oxygen atoms in total. The predicted octanol–water partition coefficient (Wildman–Crippen LogP) is -0.421. The second-order valence-electron chi connectivity index (χ2n) is 8.35. The normalized spacial score (nSPS) is 16.4. The zero-order chi connectivity index (χ0) is 28.8. The average molecular weight is 567 g/mol. The van der Waals surface area contributed by atoms with Crippen LogP contribution in [0, 0.1) is 0 Å². The molecule has 3 amide bonds. The number of carboxylic acid groups (broad SMARTS) is 1. The molecule has 0 aliphatic carbocycles. The van der Waals surface area contributed by atoms with Gasteiger partial charge in [0, 0.05) is 19.5 Å². The number of carboxylic acids is 1. The van der Waals surface area contributed by atoms with E-state index in [1.165, 1.54) is 0 Å². The summed E-state index contributed by atoms with van der Waals surface area (Å²) in [5.74, 6) is -4.54. The van der Waals surface area contributed by atoms with Crippen molar-refractivity contribution in [2.45, 2.75) is 37.8 Å². The molecule has 0 radical (unpaired) electrons. The molecule has 4 N–H and O–H groups in total. The van der Waals surface area contributed by atoms with E-state index in [0.29, 0.717) is 31.9 Å². The molecular formula is C23H30F4N4O8. The summed E-state index contributed by atoms with van der Waals surface area (Å²) in [6.45, 7) is -7.09. The van der Waals surface area contributed by atoms with Gasteiger partial charge in [-0.3, -0.25) is 19.3 Å². The van der Waals surface area contributed by atoms with Gasteiger partial charge in [-0.1, -0.05) is 30.3 Å². The number of halogens is 4. The van der Waals surface area contributed by atoms with Gasteiger partial charge in [-0.25, -0.2) is 4.79 Å². The Kier molecular flexibility index (Phi) is 13.6. The lowest BCUT2D eigenvalue weighted by Gasteiger charge is -2.27. The molecule has 1 aliphatic heterocycles. The third kappa shape index (κ3) is 12.4. The summed E-state index contributed by atoms with van der Waals surface area (Å²) in [6, 6.07) is 3.37. The van der Waals surface area contributed by atoms with Crippen LogP contribution in [0.15, 0.2) is 30.3 Å². The zero-order valence-electron chi connectivity index (χ0n) is 20.7. The van der Waals surface area contributed by atoms with Crippen molar-refractivity contribution in [3.05, 3.63) is 35.9 Å². The van der Waals surface area contributed by atoms with Gasteiger partial charge >= 0.3 is 19.2 Å². The summed E-state index contributed by atoms with van der Waals surface area (Å²) >= 11 is 0. The molecule has 0 unspecified atom stereocenters. The monoisotopic (exact) mass is 566 g/mol. The van der Waals surface area contributed by atoms with Crippen LogP contribution >= 0.6 is 0 Å². The van der Waals surface area contributed by atoms with Gasteiger partial charge in [-0.15, -0.1) is 0 Å². The molecule has 39 heavy (non-hydrogen) atoms. The highest BCUT2D eigenvalue weighted by atomic mass is 19.3. The van der Waals surface area contributed by atoms with Crippen LogP contribution in [-0.4, -0.2) is 111 Å². The third-order valence-electron chi connectivity index (χ3n) is 5.43. The number of ether oxygens (including phenoxy) is 3. The molecule has 3 atom stereocenters. The molecule has 1 aromatic carbocycles. The van der Waals surface area contributed by atoms with Crippen LogP contribution in [0.4, 0.5) is 17.6 Å². The summed E-state index contributed by atoms with van der Waals surface area (Å²) < 4.78 is 63.3. The van der Waals surface area contributed by atoms with Crippen molar-refractivity contribution in [3.63, 3.8) is 0 Å². The Morgan fingerprint density at radius 2 is 1.38 bits per heavy atom. The molecule has 0 spiro atoms. The number of nitrogens with one attached hydrogen (secondary N) is 3. The maximum Gasteiger partial charge on any atom is 0.345 e. The molecule has 1 aliphatic rings. The van der Waals surface area contributed by atoms with E-state index in [-0.39, 0.29) is 13.0 Å². The first-order chi connectivity index (χ1) is 18.5. The van der Waals surface area contributed by atoms with Gasteiger partial charge in [0.25, 0.3) is 0 Å². The van der Waals surface area contributed by atoms with Crippen LogP contribution in [-0.2, 0) is 39.8 Å². The van der Waals surface area contributed by atoms with E-state index < -0.39 is 68.3 Å². The van der Waals surface area contributed by atoms with E-state index in [1.807, 2.05) is 5.32 Å². The van der Waals surface area contributed by atoms with E-state index >= 15 is 0 Å². The lowest BCUT2D eigenvalue weighted by molar-refractivity contribution is -0.159. The van der Waals surface area contributed by atoms with Crippen LogP contribution in [0.2, 0.25) is 0 Å². The molecule has 218 valence electrons. The average Bonchev–Trinajstić information content (AvgIpc) is 2.89. The number of amides is 3. The molecule has 0 bridgehead atoms. The SMILES string of the molecule is O=C(CN1CCOCC1)N[C@@H](Cc1ccccc1)C(=O)N[C@@H](COC(F)F)C(=O)N[C@@H](COC(F)F)C(=O)O. The molecule has 0 aromatic heterocycles. The standard InChI is InChI=1S/C23H30F4N4O8/c24-22(25)38-12-16(20(34)30-17(21(35)36)13-39-23(26)27)29-19(33)15(10-14-4-2-1-3-5-14)28-18(32)11-31-6-8-37-9-7-31/h1-5,15-17,22-23H,6-13H2,(H,28,32)(H,29,33)(H,30,34)(H,35,36)/t15-,16-,17-/m0/s1. The first kappa shape index (κ1) is 31.9. The molecule has 1 aromatic rings. The Morgan fingerprint density at radius 3 is 1.95 bits per heavy atom. The van der Waals surface area contributed by atoms with E-state index in [0.717, 1.165) is 0 Å². The molecule has 1 heterocycles. The second kappa shape index (κ2) is 16.6. The molecule has 1 saturated heterocycles. The minimum absolute atomic E-state index is 0.0362. The smallest absolute Gasteiger partial charge is 0.345 e. The fourth-order valence-corrected chi connectivity index (χ4v) is 3.50. The summed E-state index contributed by atoms with van der Waals surface area (Å²) in [6.07, 6.45) is -0.0362. The molecule has 1 fully saturated rings. The van der Waals surface area contributed by atoms with Crippen molar-refractivity contribution in [1.82, 2.24) is 20.9 Å². The van der Waals surface area contributed by atoms with Crippen LogP contribution < -0.4 is 16.0 Å². The Hall–Kier alpha value is -3.34. The van der Waals surface area contributed by atoms with E-state index in [2.05, 4.69) is 20.1 Å². The van der Waals surface area contributed by atoms with Crippen LogP contribution in [0.3, 0.4) is 0 Å². The summed E-state index contributed by atoms with van der Waals surface area (Å²) in [5.41, 5.74) is 0.629. The van der Waals surface area contributed by atoms with Crippen LogP contribution in [0.25, 0.3) is 0 Å². The molecule has 16 heteroatoms. The minimum atomic E-state index is -3.34. The fraction of sp³-hybridized carbons (Fsp3) is 0.565. The number of rotatable bonds is 16. The lowest BCUT2D eigenvalue weighted by Crippen LogP contribution is -2.59. The lowest BCUT2D eigenvalue weighted by atomic mass is 10.0. The topological polar surface area (TPSA) is 156 Å². The molecule has 0 saturated carbocycles. The van der Waals surface area contributed by atoms with Gasteiger partial charge < -0.3 is 35.3 Å². The number of hydrogen-bond donors (Lipinski definition) is 4. The molecular weight excluding hydrogens is 536 g/mol. The maximum absolute atomic E-state index is 13.1. The number of morpholine rings is 1. The number of benzene rings is 1. The first-order valence-corrected chi connectivity index (χ1v) is 11.8. The number of hydrogen-bond acceptors (Lipinski definition) is 8. The Bertz CT molecular complexity index is 938. The van der Waals surface area contributed by atoms with E-state index in [9.17, 15) is 36.7 Å². The van der Waals surface area contributed by atoms with Gasteiger partial charge in [0.05, 0.1) is 33.0 Å². The zero-order valence-corrected chi connectivity index (χ0v) is 20.7. The van der Waals surface area contributed by atoms with E-state index in [1.54, 1.807) is 35.2 Å². The van der Waals surface area contributed by atoms with Crippen LogP contribution in [0.1, 0.15) is 5.56 Å². The summed E-state index contributed by atoms with van der Waals surface area (Å²) in [7, 11) is 0. The summed E-state index contributed by atoms with van der Waals surface area (Å²) in [5, 5.41) is 15.7. The van der Waals surface area contributed by atoms with Crippen molar-refractivity contribution in [2.24, 2.45) is 0 Å². The number of carbonyl (C=O) groups is 4. The molecule has 2 rings (SSSR count). The van der Waals surface area contributed by atoms with Gasteiger partial charge in [0.15, 0.2) is 6.04 Å². The van der Waals surface area contributed by atoms with E-state index in [4.69, 9.17) is 9.84 Å². The number of carbonyl (C=O) groups excluding carboxylic acids is 3. The van der Waals surface area contributed by atoms with Crippen molar-refractivity contribution in [2.75, 3.05) is 46.1 Å². The maximum atomic E-state index is 13.1. The minimum Gasteiger partial charge on any atom is -0.480 e. The van der Waals surface area contributed by atoms with Gasteiger partial charge in [-0.05, 0) is 5.56 Å². The highest BCUT2D eigenvalue weighted by molar-refractivity contribution is 5.93. The largest absolute Gasteiger partial charge is 0.480 e. The van der Waals surface area contributed by atoms with Gasteiger partial charge in [-0.2, -0.15) is 17.6 Å². The third-order valence-corrected chi connectivity index (χ3v) is 5.43. The fourth-order valence-electron chi connectivity index (χ4n) is 3.50. The van der Waals surface area contributed by atoms with Crippen molar-refractivity contribution in [1.29, 1.82) is 0 Å². The summed E-state index contributed by atoms with van der Waals surface area (Å²) in [4.78, 5) is 51.6. The Labute approximate surface area is 220 Å². The Balaban J connectivity index is 2.15. The second-order valence-corrected chi connectivity index (χ2v) is 8.35. The first-order valence-electron chi connectivity index (χ1n) is 11.8. The number of aliphatic carboxylic acids is 1. The number of nitrogens with zero attached hydrogens (tertiary/aromatic N) is 1. The number of alkyl halides is 4. The highest BCUT2D eigenvalue weighted by Crippen LogP contribution is 2.06. The van der Waals surface area contributed by atoms with Gasteiger partial charge in [0.1, 0.15) is 12.1 Å². The highest BCUT2D eigenvalue weighted by Gasteiger charge is 2.31. The Morgan fingerprint density at radius 1 is 0.846 bits per heavy atom. The van der Waals surface area contributed by atoms with Crippen molar-refractivity contribution in [3.8, 4) is 0 Å². The van der Waals surface area contributed by atoms with Crippen molar-refractivity contribution < 1.29 is 56.1 Å². The quantitative estimate of drug-likeness (QED) is 0.195. The van der Waals surface area contributed by atoms with Crippen molar-refractivity contribution >= 4 is 23.7 Å². The van der Waals surface area contributed by atoms with Crippen LogP contribution in [0.5, 0.6) is 0 Å².